The number of ether oxygens (including phenoxy) is 1. The molecule has 0 spiro atoms. The Balaban J connectivity index is 3.29. The Kier molecular flexibility index (Phi) is 2.97. The van der Waals surface area contributed by atoms with Crippen LogP contribution in [0.3, 0.4) is 0 Å². The van der Waals surface area contributed by atoms with Crippen molar-refractivity contribution in [2.75, 3.05) is 11.8 Å². The lowest BCUT2D eigenvalue weighted by molar-refractivity contribution is 0.0998. The van der Waals surface area contributed by atoms with Crippen molar-refractivity contribution in [2.45, 2.75) is 0 Å². The summed E-state index contributed by atoms with van der Waals surface area (Å²) in [6.07, 6.45) is 2.85. The smallest absolute Gasteiger partial charge is 0.254 e. The number of primary amides is 1. The highest BCUT2D eigenvalue weighted by Crippen LogP contribution is 2.24. The molecule has 0 radical (unpaired) electrons. The lowest BCUT2D eigenvalue weighted by Crippen LogP contribution is -2.14. The summed E-state index contributed by atoms with van der Waals surface area (Å²) in [7, 11) is 1.44. The van der Waals surface area contributed by atoms with Crippen LogP contribution in [0.5, 0.6) is 5.75 Å². The van der Waals surface area contributed by atoms with E-state index >= 15 is 0 Å². The van der Waals surface area contributed by atoms with Crippen LogP contribution >= 0.6 is 12.8 Å². The average Bonchev–Trinajstić information content (AvgIpc) is 2.16. The number of nitrogens with zero attached hydrogens (tertiary/aromatic N) is 1. The van der Waals surface area contributed by atoms with Crippen LogP contribution in [0, 0.1) is 0 Å². The lowest BCUT2D eigenvalue weighted by Gasteiger charge is -2.08. The lowest BCUT2D eigenvalue weighted by atomic mass is 10.2. The number of anilines is 1. The van der Waals surface area contributed by atoms with E-state index in [0.29, 0.717) is 11.4 Å². The highest BCUT2D eigenvalue weighted by Gasteiger charge is 2.13. The zero-order valence-corrected chi connectivity index (χ0v) is 7.84. The zero-order chi connectivity index (χ0) is 9.84. The fraction of sp³-hybridized carbons (Fsp3) is 0.143. The largest absolute Gasteiger partial charge is 0.494 e. The van der Waals surface area contributed by atoms with Gasteiger partial charge < -0.3 is 15.2 Å². The first-order valence-electron chi connectivity index (χ1n) is 3.42. The standard InChI is InChI=1S/C7H9N3O2S/c1-12-5-3-9-2-4(10-13)6(5)7(8)11/h2-3,10,13H,1H3,(H2,8,11). The van der Waals surface area contributed by atoms with Crippen molar-refractivity contribution in [3.8, 4) is 5.75 Å². The SMILES string of the molecule is COc1cncc(NS)c1C(N)=O. The highest BCUT2D eigenvalue weighted by atomic mass is 32.1. The number of thiol groups is 1. The van der Waals surface area contributed by atoms with E-state index in [1.807, 2.05) is 0 Å². The molecule has 0 aliphatic heterocycles. The van der Waals surface area contributed by atoms with Crippen molar-refractivity contribution in [3.05, 3.63) is 18.0 Å². The quantitative estimate of drug-likeness (QED) is 0.617. The summed E-state index contributed by atoms with van der Waals surface area (Å²) < 4.78 is 7.41. The number of carbonyl (C=O) groups is 1. The summed E-state index contributed by atoms with van der Waals surface area (Å²) in [5.41, 5.74) is 5.82. The minimum absolute atomic E-state index is 0.243. The molecule has 0 fully saturated rings. The number of hydrogen-bond donors (Lipinski definition) is 3. The molecule has 0 aliphatic carbocycles. The Bertz CT molecular complexity index is 307. The van der Waals surface area contributed by atoms with Crippen molar-refractivity contribution in [1.82, 2.24) is 4.98 Å². The van der Waals surface area contributed by atoms with Gasteiger partial charge in [-0.1, -0.05) is 12.8 Å². The summed E-state index contributed by atoms with van der Waals surface area (Å²) in [6, 6.07) is 0. The van der Waals surface area contributed by atoms with Gasteiger partial charge in [0.1, 0.15) is 5.56 Å². The number of nitrogens with one attached hydrogen (secondary N) is 1. The first kappa shape index (κ1) is 9.66. The van der Waals surface area contributed by atoms with E-state index in [0.717, 1.165) is 0 Å². The third-order valence-corrected chi connectivity index (χ3v) is 1.74. The number of methoxy groups -OCH3 is 1. The third kappa shape index (κ3) is 1.83. The topological polar surface area (TPSA) is 77.2 Å². The van der Waals surface area contributed by atoms with Crippen LogP contribution in [0.25, 0.3) is 0 Å². The van der Waals surface area contributed by atoms with E-state index in [2.05, 4.69) is 22.5 Å². The van der Waals surface area contributed by atoms with Crippen LogP contribution in [0.4, 0.5) is 5.69 Å². The summed E-state index contributed by atoms with van der Waals surface area (Å²) >= 11 is 3.81. The minimum Gasteiger partial charge on any atom is -0.494 e. The van der Waals surface area contributed by atoms with Crippen LogP contribution in [-0.2, 0) is 0 Å². The van der Waals surface area contributed by atoms with Gasteiger partial charge in [-0.3, -0.25) is 9.78 Å². The molecule has 1 amide bonds. The monoisotopic (exact) mass is 199 g/mol. The fourth-order valence-electron chi connectivity index (χ4n) is 0.935. The van der Waals surface area contributed by atoms with Crippen molar-refractivity contribution < 1.29 is 9.53 Å². The molecule has 1 rings (SSSR count). The molecule has 0 aromatic carbocycles. The molecule has 0 atom stereocenters. The molecule has 13 heavy (non-hydrogen) atoms. The Morgan fingerprint density at radius 3 is 2.85 bits per heavy atom. The molecule has 0 saturated heterocycles. The van der Waals surface area contributed by atoms with Crippen molar-refractivity contribution in [1.29, 1.82) is 0 Å². The maximum Gasteiger partial charge on any atom is 0.254 e. The minimum atomic E-state index is -0.587. The van der Waals surface area contributed by atoms with Gasteiger partial charge in [0, 0.05) is 0 Å². The molecule has 0 bridgehead atoms. The average molecular weight is 199 g/mol. The van der Waals surface area contributed by atoms with Crippen molar-refractivity contribution in [3.63, 3.8) is 0 Å². The Hall–Kier alpha value is -1.43. The van der Waals surface area contributed by atoms with Gasteiger partial charge in [-0.05, 0) is 0 Å². The molecule has 0 unspecified atom stereocenters. The Labute approximate surface area is 80.8 Å². The van der Waals surface area contributed by atoms with Gasteiger partial charge >= 0.3 is 0 Å². The van der Waals surface area contributed by atoms with Gasteiger partial charge in [-0.25, -0.2) is 0 Å². The summed E-state index contributed by atoms with van der Waals surface area (Å²) in [5, 5.41) is 0. The second kappa shape index (κ2) is 3.99. The molecule has 1 heterocycles. The number of amides is 1. The van der Waals surface area contributed by atoms with E-state index in [1.54, 1.807) is 0 Å². The highest BCUT2D eigenvalue weighted by molar-refractivity contribution is 7.81. The molecule has 0 saturated carbocycles. The maximum atomic E-state index is 11.0. The number of pyridine rings is 1. The van der Waals surface area contributed by atoms with E-state index < -0.39 is 5.91 Å². The number of nitrogens with two attached hydrogens (primary N) is 1. The van der Waals surface area contributed by atoms with Gasteiger partial charge in [0.2, 0.25) is 0 Å². The first-order chi connectivity index (χ1) is 6.20. The van der Waals surface area contributed by atoms with Crippen LogP contribution in [0.1, 0.15) is 10.4 Å². The van der Waals surface area contributed by atoms with Gasteiger partial charge in [-0.2, -0.15) is 0 Å². The molecular formula is C7H9N3O2S. The Morgan fingerprint density at radius 2 is 2.38 bits per heavy atom. The predicted octanol–water partition coefficient (Wildman–Crippen LogP) is 0.446. The van der Waals surface area contributed by atoms with Crippen LogP contribution < -0.4 is 15.2 Å². The molecular weight excluding hydrogens is 190 g/mol. The second-order valence-corrected chi connectivity index (χ2v) is 2.46. The number of hydrogen-bond acceptors (Lipinski definition) is 5. The number of rotatable bonds is 3. The molecule has 0 aliphatic rings. The van der Waals surface area contributed by atoms with E-state index in [4.69, 9.17) is 10.5 Å². The zero-order valence-electron chi connectivity index (χ0n) is 6.94. The van der Waals surface area contributed by atoms with Crippen molar-refractivity contribution in [2.24, 2.45) is 5.73 Å². The second-order valence-electron chi connectivity index (χ2n) is 2.24. The molecule has 5 nitrogen and oxygen atoms in total. The molecule has 6 heteroatoms. The molecule has 70 valence electrons. The van der Waals surface area contributed by atoms with Gasteiger partial charge in [0.15, 0.2) is 5.75 Å². The summed E-state index contributed by atoms with van der Waals surface area (Å²) in [4.78, 5) is 14.8. The van der Waals surface area contributed by atoms with E-state index in [9.17, 15) is 4.79 Å². The maximum absolute atomic E-state index is 11.0. The van der Waals surface area contributed by atoms with Crippen LogP contribution in [0.15, 0.2) is 12.4 Å². The first-order valence-corrected chi connectivity index (χ1v) is 3.87. The molecule has 1 aromatic rings. The van der Waals surface area contributed by atoms with E-state index in [1.165, 1.54) is 19.5 Å². The molecule has 3 N–H and O–H groups in total. The summed E-state index contributed by atoms with van der Waals surface area (Å²) in [5.74, 6) is -0.262. The number of carbonyl (C=O) groups excluding carboxylic acids is 1. The third-order valence-electron chi connectivity index (χ3n) is 1.50. The normalized spacial score (nSPS) is 9.38. The van der Waals surface area contributed by atoms with Gasteiger partial charge in [0.25, 0.3) is 5.91 Å². The Morgan fingerprint density at radius 1 is 1.69 bits per heavy atom. The van der Waals surface area contributed by atoms with E-state index in [-0.39, 0.29) is 5.56 Å². The predicted molar refractivity (Wildman–Crippen MR) is 51.9 cm³/mol. The fourth-order valence-corrected chi connectivity index (χ4v) is 1.10. The van der Waals surface area contributed by atoms with Crippen LogP contribution in [0.2, 0.25) is 0 Å². The van der Waals surface area contributed by atoms with Gasteiger partial charge in [-0.15, -0.1) is 0 Å². The van der Waals surface area contributed by atoms with Crippen LogP contribution in [-0.4, -0.2) is 18.0 Å². The van der Waals surface area contributed by atoms with Gasteiger partial charge in [0.05, 0.1) is 25.2 Å². The number of aromatic nitrogens is 1. The molecule has 1 aromatic heterocycles. The van der Waals surface area contributed by atoms with Crippen molar-refractivity contribution >= 4 is 24.4 Å². The summed E-state index contributed by atoms with van der Waals surface area (Å²) in [6.45, 7) is 0.